The van der Waals surface area contributed by atoms with E-state index in [2.05, 4.69) is 32.8 Å². The van der Waals surface area contributed by atoms with Crippen molar-refractivity contribution in [3.05, 3.63) is 41.5 Å². The highest BCUT2D eigenvalue weighted by Crippen LogP contribution is 2.35. The number of allylic oxidation sites excluding steroid dienone is 1. The standard InChI is InChI=1S/C28H36BrN3O7/c1-7-10-28(4,5)16-38-27(35)31-17(3)25(33)32-15-19(13-22(32)26(34)37-8-2)39-24-20-14-21(29)23(36-6)12-18(20)9-11-30-24/h7,9,11-12,14,17,19,22H,1,8,10,13,15-16H2,2-6H3,(H,31,35)/t17-,19+,22-/m0/s1. The molecular weight excluding hydrogens is 570 g/mol. The molecular formula is C28H36BrN3O7. The first-order valence-electron chi connectivity index (χ1n) is 12.8. The Labute approximate surface area is 237 Å². The first kappa shape index (κ1) is 30.2. The summed E-state index contributed by atoms with van der Waals surface area (Å²) in [6, 6.07) is 3.76. The molecule has 3 rings (SSSR count). The molecule has 10 nitrogen and oxygen atoms in total. The van der Waals surface area contributed by atoms with Crippen LogP contribution in [0.3, 0.4) is 0 Å². The van der Waals surface area contributed by atoms with E-state index in [1.165, 1.54) is 4.90 Å². The number of nitrogens with zero attached hydrogens (tertiary/aromatic N) is 2. The first-order chi connectivity index (χ1) is 18.5. The molecule has 0 aliphatic carbocycles. The smallest absolute Gasteiger partial charge is 0.407 e. The number of ether oxygens (including phenoxy) is 4. The van der Waals surface area contributed by atoms with Crippen molar-refractivity contribution < 1.29 is 33.3 Å². The average Bonchev–Trinajstić information content (AvgIpc) is 3.31. The minimum absolute atomic E-state index is 0.116. The highest BCUT2D eigenvalue weighted by molar-refractivity contribution is 9.10. The van der Waals surface area contributed by atoms with E-state index < -0.39 is 36.2 Å². The molecule has 0 spiro atoms. The van der Waals surface area contributed by atoms with Crippen LogP contribution >= 0.6 is 15.9 Å². The van der Waals surface area contributed by atoms with Crippen molar-refractivity contribution in [2.45, 2.75) is 58.7 Å². The van der Waals surface area contributed by atoms with Crippen LogP contribution in [0.5, 0.6) is 11.6 Å². The zero-order valence-electron chi connectivity index (χ0n) is 23.0. The predicted molar refractivity (Wildman–Crippen MR) is 150 cm³/mol. The van der Waals surface area contributed by atoms with E-state index >= 15 is 0 Å². The van der Waals surface area contributed by atoms with Gasteiger partial charge >= 0.3 is 12.1 Å². The molecule has 1 aliphatic heterocycles. The van der Waals surface area contributed by atoms with Crippen LogP contribution in [0.15, 0.2) is 41.5 Å². The van der Waals surface area contributed by atoms with Crippen LogP contribution in [0.1, 0.15) is 40.5 Å². The number of amides is 2. The van der Waals surface area contributed by atoms with E-state index in [9.17, 15) is 14.4 Å². The molecule has 3 atom stereocenters. The molecule has 2 heterocycles. The Hall–Kier alpha value is -3.34. The van der Waals surface area contributed by atoms with Crippen LogP contribution in [0.2, 0.25) is 0 Å². The maximum atomic E-state index is 13.4. The molecule has 1 fully saturated rings. The second kappa shape index (κ2) is 13.1. The molecule has 0 bridgehead atoms. The fourth-order valence-electron chi connectivity index (χ4n) is 4.38. The number of fused-ring (bicyclic) bond motifs is 1. The van der Waals surface area contributed by atoms with Gasteiger partial charge in [-0.15, -0.1) is 6.58 Å². The topological polar surface area (TPSA) is 116 Å². The van der Waals surface area contributed by atoms with Crippen molar-refractivity contribution >= 4 is 44.7 Å². The van der Waals surface area contributed by atoms with E-state index in [0.29, 0.717) is 18.1 Å². The van der Waals surface area contributed by atoms with Crippen molar-refractivity contribution in [3.8, 4) is 11.6 Å². The highest BCUT2D eigenvalue weighted by Gasteiger charge is 2.43. The molecule has 0 unspecified atom stereocenters. The first-order valence-corrected chi connectivity index (χ1v) is 13.6. The number of nitrogens with one attached hydrogen (secondary N) is 1. The van der Waals surface area contributed by atoms with Crippen molar-refractivity contribution in [2.24, 2.45) is 5.41 Å². The Morgan fingerprint density at radius 1 is 1.31 bits per heavy atom. The number of esters is 1. The maximum absolute atomic E-state index is 13.4. The van der Waals surface area contributed by atoms with Gasteiger partial charge in [-0.25, -0.2) is 14.6 Å². The number of aromatic nitrogens is 1. The second-order valence-electron chi connectivity index (χ2n) is 10.2. The van der Waals surface area contributed by atoms with Gasteiger partial charge in [0.15, 0.2) is 0 Å². The Morgan fingerprint density at radius 3 is 2.72 bits per heavy atom. The summed E-state index contributed by atoms with van der Waals surface area (Å²) < 4.78 is 22.9. The van der Waals surface area contributed by atoms with E-state index in [1.807, 2.05) is 32.0 Å². The third-order valence-corrected chi connectivity index (χ3v) is 7.00. The van der Waals surface area contributed by atoms with E-state index in [1.54, 1.807) is 33.2 Å². The molecule has 1 saturated heterocycles. The summed E-state index contributed by atoms with van der Waals surface area (Å²) >= 11 is 3.49. The van der Waals surface area contributed by atoms with Gasteiger partial charge < -0.3 is 29.2 Å². The molecule has 11 heteroatoms. The summed E-state index contributed by atoms with van der Waals surface area (Å²) in [6.45, 7) is 11.3. The molecule has 2 aromatic rings. The largest absolute Gasteiger partial charge is 0.496 e. The molecule has 1 aliphatic rings. The number of likely N-dealkylation sites (tertiary alicyclic amines) is 1. The number of halogens is 1. The second-order valence-corrected chi connectivity index (χ2v) is 11.0. The minimum atomic E-state index is -0.935. The van der Waals surface area contributed by atoms with Gasteiger partial charge in [-0.3, -0.25) is 4.79 Å². The van der Waals surface area contributed by atoms with Crippen LogP contribution in [0.4, 0.5) is 4.79 Å². The molecule has 212 valence electrons. The molecule has 39 heavy (non-hydrogen) atoms. The average molecular weight is 607 g/mol. The molecule has 0 saturated carbocycles. The summed E-state index contributed by atoms with van der Waals surface area (Å²) in [4.78, 5) is 44.3. The SMILES string of the molecule is C=CCC(C)(C)COC(=O)N[C@@H](C)C(=O)N1C[C@H](Oc2nccc3cc(OC)c(Br)cc23)C[C@H]1C(=O)OCC. The van der Waals surface area contributed by atoms with E-state index in [-0.39, 0.29) is 31.6 Å². The molecule has 1 N–H and O–H groups in total. The minimum Gasteiger partial charge on any atom is -0.496 e. The van der Waals surface area contributed by atoms with Crippen LogP contribution in [-0.2, 0) is 19.1 Å². The Morgan fingerprint density at radius 2 is 2.05 bits per heavy atom. The van der Waals surface area contributed by atoms with Gasteiger partial charge in [0.25, 0.3) is 0 Å². The van der Waals surface area contributed by atoms with Crippen LogP contribution < -0.4 is 14.8 Å². The zero-order valence-corrected chi connectivity index (χ0v) is 24.6. The highest BCUT2D eigenvalue weighted by atomic mass is 79.9. The van der Waals surface area contributed by atoms with Crippen molar-refractivity contribution in [2.75, 3.05) is 26.9 Å². The maximum Gasteiger partial charge on any atom is 0.407 e. The lowest BCUT2D eigenvalue weighted by Crippen LogP contribution is -2.51. The monoisotopic (exact) mass is 605 g/mol. The lowest BCUT2D eigenvalue weighted by Gasteiger charge is -2.27. The van der Waals surface area contributed by atoms with Crippen molar-refractivity contribution in [3.63, 3.8) is 0 Å². The van der Waals surface area contributed by atoms with Crippen molar-refractivity contribution in [1.82, 2.24) is 15.2 Å². The number of benzene rings is 1. The predicted octanol–water partition coefficient (Wildman–Crippen LogP) is 4.63. The van der Waals surface area contributed by atoms with Gasteiger partial charge in [-0.1, -0.05) is 19.9 Å². The molecule has 1 aromatic heterocycles. The molecule has 2 amide bonds. The summed E-state index contributed by atoms with van der Waals surface area (Å²) in [5, 5.41) is 4.18. The fourth-order valence-corrected chi connectivity index (χ4v) is 4.89. The van der Waals surface area contributed by atoms with Crippen LogP contribution in [-0.4, -0.2) is 72.9 Å². The summed E-state index contributed by atoms with van der Waals surface area (Å²) in [7, 11) is 1.59. The van der Waals surface area contributed by atoms with Crippen molar-refractivity contribution in [1.29, 1.82) is 0 Å². The van der Waals surface area contributed by atoms with Crippen LogP contribution in [0, 0.1) is 5.41 Å². The third-order valence-electron chi connectivity index (χ3n) is 6.38. The third kappa shape index (κ3) is 7.62. The normalized spacial score (nSPS) is 17.8. The number of hydrogen-bond acceptors (Lipinski definition) is 8. The summed E-state index contributed by atoms with van der Waals surface area (Å²) in [6.07, 6.45) is 3.03. The Kier molecular flexibility index (Phi) is 10.2. The fraction of sp³-hybridized carbons (Fsp3) is 0.500. The number of hydrogen-bond donors (Lipinski definition) is 1. The van der Waals surface area contributed by atoms with Gasteiger partial charge in [0, 0.05) is 23.4 Å². The van der Waals surface area contributed by atoms with E-state index in [4.69, 9.17) is 18.9 Å². The number of alkyl carbamates (subject to hydrolysis) is 1. The van der Waals surface area contributed by atoms with Gasteiger partial charge in [0.1, 0.15) is 23.9 Å². The Bertz CT molecular complexity index is 1220. The number of rotatable bonds is 11. The summed E-state index contributed by atoms with van der Waals surface area (Å²) in [5.74, 6) is 0.0645. The summed E-state index contributed by atoms with van der Waals surface area (Å²) in [5.41, 5.74) is -0.281. The zero-order chi connectivity index (χ0) is 28.7. The number of carbonyl (C=O) groups excluding carboxylic acids is 3. The lowest BCUT2D eigenvalue weighted by molar-refractivity contribution is -0.153. The van der Waals surface area contributed by atoms with E-state index in [0.717, 1.165) is 15.2 Å². The number of methoxy groups -OCH3 is 1. The molecule has 0 radical (unpaired) electrons. The van der Waals surface area contributed by atoms with Gasteiger partial charge in [-0.2, -0.15) is 0 Å². The quantitative estimate of drug-likeness (QED) is 0.291. The lowest BCUT2D eigenvalue weighted by atomic mass is 9.91. The van der Waals surface area contributed by atoms with Gasteiger partial charge in [0.2, 0.25) is 11.8 Å². The van der Waals surface area contributed by atoms with Gasteiger partial charge in [0.05, 0.1) is 31.3 Å². The Balaban J connectivity index is 1.74. The molecule has 1 aromatic carbocycles. The number of pyridine rings is 1. The number of carbonyl (C=O) groups is 3. The van der Waals surface area contributed by atoms with Gasteiger partial charge in [-0.05, 0) is 59.8 Å². The van der Waals surface area contributed by atoms with Crippen LogP contribution in [0.25, 0.3) is 10.8 Å².